The molecule has 0 saturated heterocycles. The van der Waals surface area contributed by atoms with Gasteiger partial charge in [0.1, 0.15) is 11.3 Å². The quantitative estimate of drug-likeness (QED) is 0.733. The van der Waals surface area contributed by atoms with Gasteiger partial charge in [-0.3, -0.25) is 0 Å². The number of alkyl halides is 1. The van der Waals surface area contributed by atoms with Crippen LogP contribution >= 0.6 is 11.6 Å². The average Bonchev–Trinajstić information content (AvgIpc) is 3.00. The van der Waals surface area contributed by atoms with Crippen molar-refractivity contribution in [3.05, 3.63) is 29.8 Å². The van der Waals surface area contributed by atoms with Gasteiger partial charge in [0.25, 0.3) is 0 Å². The summed E-state index contributed by atoms with van der Waals surface area (Å²) in [5, 5.41) is -0.199. The average molecular weight is 281 g/mol. The van der Waals surface area contributed by atoms with E-state index in [-0.39, 0.29) is 11.2 Å². The van der Waals surface area contributed by atoms with Crippen molar-refractivity contribution in [2.24, 2.45) is 5.92 Å². The van der Waals surface area contributed by atoms with Crippen molar-refractivity contribution in [1.82, 2.24) is 9.55 Å². The molecule has 0 spiro atoms. The first-order chi connectivity index (χ1) is 9.13. The molecule has 0 radical (unpaired) electrons. The highest BCUT2D eigenvalue weighted by molar-refractivity contribution is 6.20. The summed E-state index contributed by atoms with van der Waals surface area (Å²) in [5.74, 6) is 1.23. The van der Waals surface area contributed by atoms with Crippen LogP contribution in [0.1, 0.15) is 50.4 Å². The number of fused-ring (bicyclic) bond motifs is 1. The third-order valence-electron chi connectivity index (χ3n) is 3.93. The fourth-order valence-electron chi connectivity index (χ4n) is 2.96. The highest BCUT2D eigenvalue weighted by Gasteiger charge is 2.40. The number of rotatable bonds is 4. The van der Waals surface area contributed by atoms with Gasteiger partial charge in [-0.05, 0) is 37.8 Å². The molecule has 1 aromatic heterocycles. The van der Waals surface area contributed by atoms with E-state index >= 15 is 0 Å². The van der Waals surface area contributed by atoms with Crippen molar-refractivity contribution in [3.8, 4) is 0 Å². The lowest BCUT2D eigenvalue weighted by Gasteiger charge is -2.10. The van der Waals surface area contributed by atoms with Gasteiger partial charge in [-0.2, -0.15) is 0 Å². The van der Waals surface area contributed by atoms with Gasteiger partial charge in [0.15, 0.2) is 5.82 Å². The minimum atomic E-state index is -0.262. The van der Waals surface area contributed by atoms with Crippen LogP contribution < -0.4 is 0 Å². The summed E-state index contributed by atoms with van der Waals surface area (Å²) >= 11 is 6.22. The van der Waals surface area contributed by atoms with E-state index in [0.29, 0.717) is 17.5 Å². The zero-order valence-corrected chi connectivity index (χ0v) is 12.0. The maximum atomic E-state index is 13.9. The first-order valence-electron chi connectivity index (χ1n) is 6.94. The van der Waals surface area contributed by atoms with Gasteiger partial charge < -0.3 is 4.57 Å². The van der Waals surface area contributed by atoms with Crippen molar-refractivity contribution in [2.45, 2.75) is 44.5 Å². The van der Waals surface area contributed by atoms with E-state index in [2.05, 4.69) is 16.5 Å². The van der Waals surface area contributed by atoms with E-state index in [1.165, 1.54) is 18.9 Å². The Morgan fingerprint density at radius 3 is 3.00 bits per heavy atom. The Kier molecular flexibility index (Phi) is 3.25. The molecule has 1 heterocycles. The van der Waals surface area contributed by atoms with Crippen LogP contribution in [0, 0.1) is 11.7 Å². The predicted molar refractivity (Wildman–Crippen MR) is 76.0 cm³/mol. The lowest BCUT2D eigenvalue weighted by molar-refractivity contribution is 0.597. The largest absolute Gasteiger partial charge is 0.323 e. The van der Waals surface area contributed by atoms with E-state index in [4.69, 9.17) is 11.6 Å². The molecule has 0 amide bonds. The molecule has 1 aromatic carbocycles. The van der Waals surface area contributed by atoms with Gasteiger partial charge in [-0.1, -0.05) is 19.4 Å². The maximum absolute atomic E-state index is 13.9. The summed E-state index contributed by atoms with van der Waals surface area (Å²) in [6.45, 7) is 4.10. The fourth-order valence-corrected chi connectivity index (χ4v) is 3.11. The molecule has 2 aromatic rings. The van der Waals surface area contributed by atoms with Crippen molar-refractivity contribution in [3.63, 3.8) is 0 Å². The van der Waals surface area contributed by atoms with Crippen LogP contribution in [0.3, 0.4) is 0 Å². The second-order valence-corrected chi connectivity index (χ2v) is 6.07. The van der Waals surface area contributed by atoms with Crippen LogP contribution in [0.5, 0.6) is 0 Å². The lowest BCUT2D eigenvalue weighted by Crippen LogP contribution is -2.03. The molecule has 102 valence electrons. The van der Waals surface area contributed by atoms with Crippen LogP contribution in [0.15, 0.2) is 18.2 Å². The molecule has 1 aliphatic carbocycles. The highest BCUT2D eigenvalue weighted by atomic mass is 35.5. The smallest absolute Gasteiger partial charge is 0.151 e. The minimum Gasteiger partial charge on any atom is -0.323 e. The molecule has 0 aliphatic heterocycles. The van der Waals surface area contributed by atoms with Gasteiger partial charge >= 0.3 is 0 Å². The van der Waals surface area contributed by atoms with Gasteiger partial charge in [-0.25, -0.2) is 9.37 Å². The Morgan fingerprint density at radius 1 is 1.53 bits per heavy atom. The van der Waals surface area contributed by atoms with Crippen LogP contribution in [-0.4, -0.2) is 9.55 Å². The maximum Gasteiger partial charge on any atom is 0.151 e. The summed E-state index contributed by atoms with van der Waals surface area (Å²) in [4.78, 5) is 4.42. The van der Waals surface area contributed by atoms with Gasteiger partial charge in [-0.15, -0.1) is 11.6 Å². The molecular formula is C15H18ClFN2. The van der Waals surface area contributed by atoms with Crippen molar-refractivity contribution in [2.75, 3.05) is 0 Å². The van der Waals surface area contributed by atoms with Crippen LogP contribution in [0.2, 0.25) is 0 Å². The Bertz CT molecular complexity index is 605. The van der Waals surface area contributed by atoms with Crippen molar-refractivity contribution in [1.29, 1.82) is 0 Å². The molecule has 3 atom stereocenters. The van der Waals surface area contributed by atoms with Crippen LogP contribution in [0.4, 0.5) is 4.39 Å². The second kappa shape index (κ2) is 4.78. The lowest BCUT2D eigenvalue weighted by atomic mass is 10.2. The van der Waals surface area contributed by atoms with E-state index < -0.39 is 0 Å². The normalized spacial score (nSPS) is 23.8. The third kappa shape index (κ3) is 2.14. The summed E-state index contributed by atoms with van der Waals surface area (Å²) in [7, 11) is 0. The van der Waals surface area contributed by atoms with E-state index in [1.54, 1.807) is 6.07 Å². The number of hydrogen-bond donors (Lipinski definition) is 0. The Labute approximate surface area is 117 Å². The number of halogens is 2. The van der Waals surface area contributed by atoms with E-state index in [0.717, 1.165) is 17.8 Å². The van der Waals surface area contributed by atoms with Gasteiger partial charge in [0, 0.05) is 6.04 Å². The highest BCUT2D eigenvalue weighted by Crippen LogP contribution is 2.49. The second-order valence-electron chi connectivity index (χ2n) is 5.42. The van der Waals surface area contributed by atoms with Crippen molar-refractivity contribution >= 4 is 22.6 Å². The monoisotopic (exact) mass is 280 g/mol. The molecule has 1 saturated carbocycles. The summed E-state index contributed by atoms with van der Waals surface area (Å²) in [6, 6.07) is 5.59. The minimum absolute atomic E-state index is 0.199. The predicted octanol–water partition coefficient (Wildman–Crippen LogP) is 4.84. The SMILES string of the molecule is CCCC1CC1n1c(C(C)Cl)nc2c(F)cccc21. The number of nitrogens with zero attached hydrogens (tertiary/aromatic N) is 2. The first-order valence-corrected chi connectivity index (χ1v) is 7.37. The molecule has 4 heteroatoms. The molecule has 1 fully saturated rings. The molecule has 3 rings (SSSR count). The molecule has 0 N–H and O–H groups in total. The number of para-hydroxylation sites is 1. The molecule has 0 bridgehead atoms. The molecular weight excluding hydrogens is 263 g/mol. The van der Waals surface area contributed by atoms with Crippen LogP contribution in [0.25, 0.3) is 11.0 Å². The zero-order chi connectivity index (χ0) is 13.6. The number of aromatic nitrogens is 2. The fraction of sp³-hybridized carbons (Fsp3) is 0.533. The molecule has 1 aliphatic rings. The summed E-state index contributed by atoms with van der Waals surface area (Å²) in [5.41, 5.74) is 1.33. The van der Waals surface area contributed by atoms with Gasteiger partial charge in [0.2, 0.25) is 0 Å². The Morgan fingerprint density at radius 2 is 2.32 bits per heavy atom. The standard InChI is InChI=1S/C15H18ClFN2/c1-3-5-10-8-13(10)19-12-7-4-6-11(17)14(12)18-15(19)9(2)16/h4,6-7,9-10,13H,3,5,8H2,1-2H3. The van der Waals surface area contributed by atoms with Gasteiger partial charge in [0.05, 0.1) is 10.9 Å². The molecule has 19 heavy (non-hydrogen) atoms. The Hall–Kier alpha value is -1.09. The van der Waals surface area contributed by atoms with Crippen molar-refractivity contribution < 1.29 is 4.39 Å². The van der Waals surface area contributed by atoms with Crippen LogP contribution in [-0.2, 0) is 0 Å². The Balaban J connectivity index is 2.11. The molecule has 3 unspecified atom stereocenters. The molecule has 2 nitrogen and oxygen atoms in total. The van der Waals surface area contributed by atoms with E-state index in [1.807, 2.05) is 13.0 Å². The number of hydrogen-bond acceptors (Lipinski definition) is 1. The first kappa shape index (κ1) is 12.9. The summed E-state index contributed by atoms with van der Waals surface area (Å²) < 4.78 is 16.0. The van der Waals surface area contributed by atoms with E-state index in [9.17, 15) is 4.39 Å². The zero-order valence-electron chi connectivity index (χ0n) is 11.2. The number of benzene rings is 1. The topological polar surface area (TPSA) is 17.8 Å². The number of imidazole rings is 1. The third-order valence-corrected chi connectivity index (χ3v) is 4.13. The summed E-state index contributed by atoms with van der Waals surface area (Å²) in [6.07, 6.45) is 3.57.